The van der Waals surface area contributed by atoms with Crippen LogP contribution in [-0.2, 0) is 16.0 Å². The summed E-state index contributed by atoms with van der Waals surface area (Å²) in [7, 11) is 1.29. The predicted octanol–water partition coefficient (Wildman–Crippen LogP) is 1.77. The molecule has 0 aromatic heterocycles. The summed E-state index contributed by atoms with van der Waals surface area (Å²) in [6, 6.07) is 13.0. The first-order valence-electron chi connectivity index (χ1n) is 7.46. The minimum atomic E-state index is -0.658. The lowest BCUT2D eigenvalue weighted by atomic mass is 9.95. The van der Waals surface area contributed by atoms with Gasteiger partial charge in [-0.1, -0.05) is 24.3 Å². The Morgan fingerprint density at radius 3 is 2.75 bits per heavy atom. The second kappa shape index (κ2) is 6.54. The Hall–Kier alpha value is -3.15. The molecule has 0 radical (unpaired) electrons. The van der Waals surface area contributed by atoms with E-state index in [1.807, 2.05) is 12.1 Å². The van der Waals surface area contributed by atoms with Gasteiger partial charge in [0.15, 0.2) is 0 Å². The first kappa shape index (κ1) is 15.7. The van der Waals surface area contributed by atoms with Crippen molar-refractivity contribution in [2.24, 2.45) is 0 Å². The van der Waals surface area contributed by atoms with Crippen LogP contribution >= 0.6 is 0 Å². The number of methoxy groups -OCH3 is 1. The average Bonchev–Trinajstić information content (AvgIpc) is 2.61. The quantitative estimate of drug-likeness (QED) is 0.843. The van der Waals surface area contributed by atoms with Gasteiger partial charge >= 0.3 is 5.97 Å². The fraction of sp³-hybridized carbons (Fsp3) is 0.167. The van der Waals surface area contributed by atoms with Crippen molar-refractivity contribution in [2.45, 2.75) is 12.5 Å². The van der Waals surface area contributed by atoms with Crippen LogP contribution in [0, 0.1) is 0 Å². The van der Waals surface area contributed by atoms with Crippen LogP contribution in [0.15, 0.2) is 48.5 Å². The van der Waals surface area contributed by atoms with Crippen LogP contribution < -0.4 is 10.6 Å². The molecule has 2 aromatic carbocycles. The topological polar surface area (TPSA) is 84.5 Å². The van der Waals surface area contributed by atoms with Gasteiger partial charge in [-0.05, 0) is 29.8 Å². The Labute approximate surface area is 138 Å². The van der Waals surface area contributed by atoms with E-state index in [0.29, 0.717) is 23.2 Å². The Balaban J connectivity index is 1.75. The lowest BCUT2D eigenvalue weighted by Gasteiger charge is -2.24. The number of nitrogens with one attached hydrogen (secondary N) is 2. The minimum Gasteiger partial charge on any atom is -0.465 e. The summed E-state index contributed by atoms with van der Waals surface area (Å²) in [5.74, 6) is -1.08. The molecule has 1 unspecified atom stereocenters. The molecular formula is C18H16N2O4. The third-order valence-corrected chi connectivity index (χ3v) is 3.86. The van der Waals surface area contributed by atoms with Crippen LogP contribution in [0.4, 0.5) is 5.69 Å². The van der Waals surface area contributed by atoms with Crippen LogP contribution in [-0.4, -0.2) is 30.9 Å². The molecule has 0 bridgehead atoms. The molecule has 1 aliphatic heterocycles. The van der Waals surface area contributed by atoms with Gasteiger partial charge in [0.25, 0.3) is 5.91 Å². The first-order valence-corrected chi connectivity index (χ1v) is 7.46. The van der Waals surface area contributed by atoms with E-state index in [9.17, 15) is 14.4 Å². The van der Waals surface area contributed by atoms with Crippen LogP contribution in [0.3, 0.4) is 0 Å². The molecule has 2 N–H and O–H groups in total. The fourth-order valence-electron chi connectivity index (χ4n) is 2.66. The monoisotopic (exact) mass is 324 g/mol. The van der Waals surface area contributed by atoms with Gasteiger partial charge in [-0.15, -0.1) is 0 Å². The van der Waals surface area contributed by atoms with E-state index in [0.717, 1.165) is 5.56 Å². The standard InChI is InChI=1S/C18H16N2O4/c1-24-18(23)12-6-4-7-13(9-12)19-17(22)15-10-11-5-2-3-8-14(11)16(21)20-15/h2-9,15H,10H2,1H3,(H,19,22)(H,20,21). The van der Waals surface area contributed by atoms with E-state index in [1.165, 1.54) is 13.2 Å². The Kier molecular flexibility index (Phi) is 4.29. The number of fused-ring (bicyclic) bond motifs is 1. The van der Waals surface area contributed by atoms with Crippen molar-refractivity contribution in [3.8, 4) is 0 Å². The minimum absolute atomic E-state index is 0.264. The number of carbonyl (C=O) groups excluding carboxylic acids is 3. The van der Waals surface area contributed by atoms with E-state index < -0.39 is 12.0 Å². The van der Waals surface area contributed by atoms with Crippen molar-refractivity contribution in [1.29, 1.82) is 0 Å². The molecule has 2 amide bonds. The Morgan fingerprint density at radius 2 is 1.96 bits per heavy atom. The maximum atomic E-state index is 12.4. The number of ether oxygens (including phenoxy) is 1. The van der Waals surface area contributed by atoms with E-state index >= 15 is 0 Å². The normalized spacial score (nSPS) is 15.9. The third-order valence-electron chi connectivity index (χ3n) is 3.86. The van der Waals surface area contributed by atoms with Crippen LogP contribution in [0.25, 0.3) is 0 Å². The van der Waals surface area contributed by atoms with Crippen LogP contribution in [0.1, 0.15) is 26.3 Å². The Bertz CT molecular complexity index is 816. The molecule has 0 aliphatic carbocycles. The molecule has 6 heteroatoms. The van der Waals surface area contributed by atoms with Crippen LogP contribution in [0.2, 0.25) is 0 Å². The van der Waals surface area contributed by atoms with Gasteiger partial charge < -0.3 is 15.4 Å². The zero-order valence-electron chi connectivity index (χ0n) is 13.0. The molecule has 6 nitrogen and oxygen atoms in total. The highest BCUT2D eigenvalue weighted by molar-refractivity contribution is 6.04. The van der Waals surface area contributed by atoms with Crippen molar-refractivity contribution < 1.29 is 19.1 Å². The number of anilines is 1. The maximum Gasteiger partial charge on any atom is 0.337 e. The van der Waals surface area contributed by atoms with Crippen molar-refractivity contribution in [3.05, 3.63) is 65.2 Å². The molecule has 0 fully saturated rings. The summed E-state index contributed by atoms with van der Waals surface area (Å²) in [6.07, 6.45) is 0.421. The van der Waals surface area contributed by atoms with Gasteiger partial charge in [0.2, 0.25) is 5.91 Å². The van der Waals surface area contributed by atoms with E-state index in [-0.39, 0.29) is 11.8 Å². The molecule has 2 aromatic rings. The molecule has 0 saturated carbocycles. The summed E-state index contributed by atoms with van der Waals surface area (Å²) in [5.41, 5.74) is 2.24. The molecular weight excluding hydrogens is 308 g/mol. The molecule has 1 aliphatic rings. The van der Waals surface area contributed by atoms with Crippen molar-refractivity contribution in [2.75, 3.05) is 12.4 Å². The largest absolute Gasteiger partial charge is 0.465 e. The van der Waals surface area contributed by atoms with Gasteiger partial charge in [-0.25, -0.2) is 4.79 Å². The average molecular weight is 324 g/mol. The zero-order valence-corrected chi connectivity index (χ0v) is 13.0. The molecule has 1 heterocycles. The van der Waals surface area contributed by atoms with Gasteiger partial charge in [0, 0.05) is 17.7 Å². The second-order valence-electron chi connectivity index (χ2n) is 5.45. The summed E-state index contributed by atoms with van der Waals surface area (Å²) in [4.78, 5) is 36.1. The van der Waals surface area contributed by atoms with Crippen molar-refractivity contribution in [3.63, 3.8) is 0 Å². The van der Waals surface area contributed by atoms with E-state index in [2.05, 4.69) is 15.4 Å². The number of benzene rings is 2. The van der Waals surface area contributed by atoms with Gasteiger partial charge in [0.05, 0.1) is 12.7 Å². The molecule has 0 saturated heterocycles. The molecule has 24 heavy (non-hydrogen) atoms. The van der Waals surface area contributed by atoms with Crippen molar-refractivity contribution in [1.82, 2.24) is 5.32 Å². The summed E-state index contributed by atoms with van der Waals surface area (Å²) < 4.78 is 4.66. The van der Waals surface area contributed by atoms with Crippen molar-refractivity contribution >= 4 is 23.5 Å². The SMILES string of the molecule is COC(=O)c1cccc(NC(=O)C2Cc3ccccc3C(=O)N2)c1. The number of esters is 1. The number of hydrogen-bond acceptors (Lipinski definition) is 4. The van der Waals surface area contributed by atoms with Gasteiger partial charge in [-0.2, -0.15) is 0 Å². The number of hydrogen-bond donors (Lipinski definition) is 2. The number of amides is 2. The highest BCUT2D eigenvalue weighted by atomic mass is 16.5. The fourth-order valence-corrected chi connectivity index (χ4v) is 2.66. The Morgan fingerprint density at radius 1 is 1.17 bits per heavy atom. The summed E-state index contributed by atoms with van der Waals surface area (Å²) in [6.45, 7) is 0. The maximum absolute atomic E-state index is 12.4. The van der Waals surface area contributed by atoms with Crippen LogP contribution in [0.5, 0.6) is 0 Å². The molecule has 1 atom stereocenters. The smallest absolute Gasteiger partial charge is 0.337 e. The van der Waals surface area contributed by atoms with Gasteiger partial charge in [0.1, 0.15) is 6.04 Å². The highest BCUT2D eigenvalue weighted by Crippen LogP contribution is 2.18. The zero-order chi connectivity index (χ0) is 17.1. The summed E-state index contributed by atoms with van der Waals surface area (Å²) in [5, 5.41) is 5.42. The molecule has 0 spiro atoms. The highest BCUT2D eigenvalue weighted by Gasteiger charge is 2.28. The summed E-state index contributed by atoms with van der Waals surface area (Å²) >= 11 is 0. The lowest BCUT2D eigenvalue weighted by molar-refractivity contribution is -0.118. The second-order valence-corrected chi connectivity index (χ2v) is 5.45. The number of rotatable bonds is 3. The van der Waals surface area contributed by atoms with Gasteiger partial charge in [-0.3, -0.25) is 9.59 Å². The van der Waals surface area contributed by atoms with E-state index in [1.54, 1.807) is 30.3 Å². The molecule has 3 rings (SSSR count). The predicted molar refractivity (Wildman–Crippen MR) is 87.8 cm³/mol. The molecule has 122 valence electrons. The lowest BCUT2D eigenvalue weighted by Crippen LogP contribution is -2.48. The van der Waals surface area contributed by atoms with E-state index in [4.69, 9.17) is 0 Å². The first-order chi connectivity index (χ1) is 11.6. The number of carbonyl (C=O) groups is 3. The third kappa shape index (κ3) is 3.12.